The van der Waals surface area contributed by atoms with E-state index in [0.29, 0.717) is 30.4 Å². The lowest BCUT2D eigenvalue weighted by atomic mass is 9.92. The Kier molecular flexibility index (Phi) is 6.62. The molecular formula is C15H21N3O5. The Hall–Kier alpha value is -2.51. The number of nitro benzene ring substituents is 2. The third-order valence-electron chi connectivity index (χ3n) is 3.68. The van der Waals surface area contributed by atoms with Crippen LogP contribution in [0, 0.1) is 20.2 Å². The molecule has 0 unspecified atom stereocenters. The molecule has 0 aromatic heterocycles. The van der Waals surface area contributed by atoms with Crippen molar-refractivity contribution in [3.63, 3.8) is 0 Å². The molecule has 0 fully saturated rings. The van der Waals surface area contributed by atoms with E-state index in [-0.39, 0.29) is 0 Å². The fourth-order valence-electron chi connectivity index (χ4n) is 2.54. The molecule has 2 N–H and O–H groups in total. The van der Waals surface area contributed by atoms with Gasteiger partial charge in [-0.05, 0) is 37.3 Å². The fraction of sp³-hybridized carbons (Fsp3) is 0.533. The van der Waals surface area contributed by atoms with Crippen LogP contribution in [0.2, 0.25) is 0 Å². The monoisotopic (exact) mass is 323 g/mol. The molecule has 0 aliphatic rings. The molecule has 0 heterocycles. The highest BCUT2D eigenvalue weighted by Gasteiger charge is 2.36. The summed E-state index contributed by atoms with van der Waals surface area (Å²) in [6, 6.07) is 1.36. The number of nitrogens with zero attached hydrogens (tertiary/aromatic N) is 2. The van der Waals surface area contributed by atoms with Gasteiger partial charge in [-0.1, -0.05) is 26.7 Å². The molecule has 0 bridgehead atoms. The van der Waals surface area contributed by atoms with Gasteiger partial charge in [0.1, 0.15) is 5.56 Å². The summed E-state index contributed by atoms with van der Waals surface area (Å²) in [4.78, 5) is 32.6. The molecule has 8 nitrogen and oxygen atoms in total. The first-order valence-electron chi connectivity index (χ1n) is 7.62. The van der Waals surface area contributed by atoms with Crippen LogP contribution in [-0.4, -0.2) is 15.8 Å². The van der Waals surface area contributed by atoms with Crippen LogP contribution >= 0.6 is 0 Å². The summed E-state index contributed by atoms with van der Waals surface area (Å²) < 4.78 is 0. The number of nitrogens with two attached hydrogens (primary N) is 1. The van der Waals surface area contributed by atoms with E-state index in [2.05, 4.69) is 0 Å². The van der Waals surface area contributed by atoms with Crippen LogP contribution in [0.15, 0.2) is 6.07 Å². The summed E-state index contributed by atoms with van der Waals surface area (Å²) in [7, 11) is 0. The highest BCUT2D eigenvalue weighted by atomic mass is 16.6. The standard InChI is InChI=1S/C15H21N3O5/c1-3-5-7-10-9-12(15(16)19)14(18(22)23)13(17(20)21)11(10)8-6-4-2/h9H,3-8H2,1-2H3,(H2,16,19). The molecule has 0 atom stereocenters. The van der Waals surface area contributed by atoms with Gasteiger partial charge in [-0.25, -0.2) is 0 Å². The maximum atomic E-state index is 11.5. The Morgan fingerprint density at radius 2 is 1.57 bits per heavy atom. The number of carbonyl (C=O) groups is 1. The van der Waals surface area contributed by atoms with E-state index in [4.69, 9.17) is 5.73 Å². The van der Waals surface area contributed by atoms with Gasteiger partial charge in [0, 0.05) is 5.56 Å². The van der Waals surface area contributed by atoms with Gasteiger partial charge < -0.3 is 5.73 Å². The van der Waals surface area contributed by atoms with Crippen molar-refractivity contribution in [2.75, 3.05) is 0 Å². The van der Waals surface area contributed by atoms with Crippen LogP contribution in [0.5, 0.6) is 0 Å². The van der Waals surface area contributed by atoms with E-state index in [0.717, 1.165) is 19.3 Å². The zero-order valence-electron chi connectivity index (χ0n) is 13.3. The number of carbonyl (C=O) groups excluding carboxylic acids is 1. The zero-order chi connectivity index (χ0) is 17.6. The van der Waals surface area contributed by atoms with Crippen LogP contribution in [0.3, 0.4) is 0 Å². The average molecular weight is 323 g/mol. The Bertz CT molecular complexity index is 628. The zero-order valence-corrected chi connectivity index (χ0v) is 13.3. The Morgan fingerprint density at radius 3 is 2.00 bits per heavy atom. The second-order valence-corrected chi connectivity index (χ2v) is 5.34. The molecule has 0 aliphatic heterocycles. The average Bonchev–Trinajstić information content (AvgIpc) is 2.49. The Labute approximate surface area is 134 Å². The van der Waals surface area contributed by atoms with E-state index in [9.17, 15) is 25.0 Å². The largest absolute Gasteiger partial charge is 0.365 e. The SMILES string of the molecule is CCCCc1cc(C(N)=O)c([N+](=O)[O-])c([N+](=O)[O-])c1CCCC. The first-order chi connectivity index (χ1) is 10.8. The molecule has 0 saturated carbocycles. The summed E-state index contributed by atoms with van der Waals surface area (Å²) in [6.07, 6.45) is 4.00. The highest BCUT2D eigenvalue weighted by Crippen LogP contribution is 2.38. The maximum Gasteiger partial charge on any atom is 0.359 e. The predicted octanol–water partition coefficient (Wildman–Crippen LogP) is 3.29. The van der Waals surface area contributed by atoms with Gasteiger partial charge in [0.25, 0.3) is 5.91 Å². The van der Waals surface area contributed by atoms with Gasteiger partial charge in [0.05, 0.1) is 9.85 Å². The van der Waals surface area contributed by atoms with Gasteiger partial charge in [0.2, 0.25) is 0 Å². The van der Waals surface area contributed by atoms with Gasteiger partial charge in [-0.3, -0.25) is 25.0 Å². The quantitative estimate of drug-likeness (QED) is 0.550. The molecule has 1 amide bonds. The van der Waals surface area contributed by atoms with E-state index < -0.39 is 32.7 Å². The molecule has 0 spiro atoms. The number of rotatable bonds is 9. The fourth-order valence-corrected chi connectivity index (χ4v) is 2.54. The number of unbranched alkanes of at least 4 members (excludes halogenated alkanes) is 2. The van der Waals surface area contributed by atoms with Crippen molar-refractivity contribution in [3.05, 3.63) is 43.0 Å². The van der Waals surface area contributed by atoms with Crippen molar-refractivity contribution in [2.24, 2.45) is 5.73 Å². The smallest absolute Gasteiger partial charge is 0.359 e. The molecule has 8 heteroatoms. The molecule has 23 heavy (non-hydrogen) atoms. The second kappa shape index (κ2) is 8.21. The Balaban J connectivity index is 3.72. The van der Waals surface area contributed by atoms with Crippen LogP contribution in [0.1, 0.15) is 61.0 Å². The molecule has 1 aromatic carbocycles. The third-order valence-corrected chi connectivity index (χ3v) is 3.68. The number of nitro groups is 2. The molecule has 126 valence electrons. The molecular weight excluding hydrogens is 302 g/mol. The first-order valence-corrected chi connectivity index (χ1v) is 7.62. The van der Waals surface area contributed by atoms with Gasteiger partial charge in [-0.2, -0.15) is 0 Å². The summed E-state index contributed by atoms with van der Waals surface area (Å²) in [5.74, 6) is -1.03. The molecule has 0 aliphatic carbocycles. The van der Waals surface area contributed by atoms with Crippen molar-refractivity contribution >= 4 is 17.3 Å². The van der Waals surface area contributed by atoms with Crippen molar-refractivity contribution < 1.29 is 14.6 Å². The summed E-state index contributed by atoms with van der Waals surface area (Å²) >= 11 is 0. The van der Waals surface area contributed by atoms with E-state index in [1.54, 1.807) is 0 Å². The normalized spacial score (nSPS) is 10.5. The van der Waals surface area contributed by atoms with Gasteiger partial charge >= 0.3 is 11.4 Å². The second-order valence-electron chi connectivity index (χ2n) is 5.34. The first kappa shape index (κ1) is 18.5. The third kappa shape index (κ3) is 4.24. The van der Waals surface area contributed by atoms with E-state index in [1.807, 2.05) is 13.8 Å². The summed E-state index contributed by atoms with van der Waals surface area (Å²) in [5, 5.41) is 22.8. The van der Waals surface area contributed by atoms with Crippen molar-refractivity contribution in [1.29, 1.82) is 0 Å². The van der Waals surface area contributed by atoms with Crippen LogP contribution < -0.4 is 5.73 Å². The lowest BCUT2D eigenvalue weighted by Gasteiger charge is -2.12. The van der Waals surface area contributed by atoms with Gasteiger partial charge in [0.15, 0.2) is 0 Å². The number of aryl methyl sites for hydroxylation is 1. The number of hydrogen-bond acceptors (Lipinski definition) is 5. The maximum absolute atomic E-state index is 11.5. The molecule has 1 aromatic rings. The predicted molar refractivity (Wildman–Crippen MR) is 85.5 cm³/mol. The van der Waals surface area contributed by atoms with Crippen LogP contribution in [-0.2, 0) is 12.8 Å². The number of hydrogen-bond donors (Lipinski definition) is 1. The minimum absolute atomic E-state index is 0.349. The number of primary amides is 1. The summed E-state index contributed by atoms with van der Waals surface area (Å²) in [5.41, 5.74) is 4.37. The number of benzene rings is 1. The van der Waals surface area contributed by atoms with E-state index in [1.165, 1.54) is 6.07 Å². The van der Waals surface area contributed by atoms with Crippen LogP contribution in [0.25, 0.3) is 0 Å². The highest BCUT2D eigenvalue weighted by molar-refractivity contribution is 5.99. The van der Waals surface area contributed by atoms with Crippen molar-refractivity contribution in [1.82, 2.24) is 0 Å². The topological polar surface area (TPSA) is 129 Å². The Morgan fingerprint density at radius 1 is 1.04 bits per heavy atom. The van der Waals surface area contributed by atoms with Crippen LogP contribution in [0.4, 0.5) is 11.4 Å². The molecule has 0 radical (unpaired) electrons. The summed E-state index contributed by atoms with van der Waals surface area (Å²) in [6.45, 7) is 3.91. The molecule has 1 rings (SSSR count). The molecule has 0 saturated heterocycles. The minimum Gasteiger partial charge on any atom is -0.365 e. The lowest BCUT2D eigenvalue weighted by Crippen LogP contribution is -2.17. The van der Waals surface area contributed by atoms with E-state index >= 15 is 0 Å². The van der Waals surface area contributed by atoms with Crippen molar-refractivity contribution in [3.8, 4) is 0 Å². The minimum atomic E-state index is -1.03. The number of amides is 1. The van der Waals surface area contributed by atoms with Gasteiger partial charge in [-0.15, -0.1) is 0 Å². The van der Waals surface area contributed by atoms with Crippen molar-refractivity contribution in [2.45, 2.75) is 52.4 Å². The lowest BCUT2D eigenvalue weighted by molar-refractivity contribution is -0.423.